The molecule has 0 aliphatic heterocycles. The Balaban J connectivity index is 1.34. The summed E-state index contributed by atoms with van der Waals surface area (Å²) in [5, 5.41) is 14.9. The van der Waals surface area contributed by atoms with Gasteiger partial charge in [0.1, 0.15) is 11.2 Å². The minimum absolute atomic E-state index is 0.992. The molecule has 0 spiro atoms. The smallest absolute Gasteiger partial charge is 0.128 e. The van der Waals surface area contributed by atoms with Gasteiger partial charge in [-0.15, -0.1) is 11.3 Å². The summed E-state index contributed by atoms with van der Waals surface area (Å²) in [6.07, 6.45) is 3.67. The third-order valence-corrected chi connectivity index (χ3v) is 11.9. The Bertz CT molecular complexity index is 3390. The minimum Gasteiger partial charge on any atom is -0.309 e. The highest BCUT2D eigenvalue weighted by Gasteiger charge is 2.27. The Morgan fingerprint density at radius 3 is 1.61 bits per heavy atom. The lowest BCUT2D eigenvalue weighted by Crippen LogP contribution is -1.96. The molecule has 0 radical (unpaired) electrons. The number of benzene rings is 8. The van der Waals surface area contributed by atoms with E-state index in [-0.39, 0.29) is 0 Å². The van der Waals surface area contributed by atoms with Crippen LogP contribution in [-0.2, 0) is 0 Å². The summed E-state index contributed by atoms with van der Waals surface area (Å²) in [5.41, 5.74) is 7.06. The van der Waals surface area contributed by atoms with Crippen molar-refractivity contribution in [3.63, 3.8) is 0 Å². The van der Waals surface area contributed by atoms with Gasteiger partial charge in [-0.25, -0.2) is 9.97 Å². The molecule has 0 aliphatic rings. The first-order valence-corrected chi connectivity index (χ1v) is 18.1. The van der Waals surface area contributed by atoms with Crippen LogP contribution < -0.4 is 0 Å². The molecule has 0 atom stereocenters. The molecule has 0 aliphatic carbocycles. The van der Waals surface area contributed by atoms with E-state index < -0.39 is 0 Å². The fourth-order valence-electron chi connectivity index (χ4n) is 8.83. The van der Waals surface area contributed by atoms with Crippen LogP contribution in [0.1, 0.15) is 0 Å². The van der Waals surface area contributed by atoms with E-state index in [9.17, 15) is 0 Å². The molecule has 236 valence electrons. The molecule has 4 aromatic heterocycles. The fourth-order valence-corrected chi connectivity index (χ4v) is 9.99. The number of hydrogen-bond donors (Lipinski definition) is 0. The second-order valence-corrected chi connectivity index (χ2v) is 14.4. The number of para-hydroxylation sites is 3. The van der Waals surface area contributed by atoms with E-state index in [1.54, 1.807) is 17.7 Å². The van der Waals surface area contributed by atoms with Crippen LogP contribution in [0.5, 0.6) is 0 Å². The van der Waals surface area contributed by atoms with E-state index in [2.05, 4.69) is 160 Å². The van der Waals surface area contributed by atoms with Crippen molar-refractivity contribution >= 4 is 108 Å². The maximum absolute atomic E-state index is 4.84. The Hall–Kier alpha value is -6.56. The lowest BCUT2D eigenvalue weighted by Gasteiger charge is -2.14. The average molecular weight is 667 g/mol. The van der Waals surface area contributed by atoms with Crippen molar-refractivity contribution in [1.29, 1.82) is 0 Å². The molecule has 12 rings (SSSR count). The summed E-state index contributed by atoms with van der Waals surface area (Å²) in [7, 11) is 0. The third kappa shape index (κ3) is 3.53. The molecular formula is C46H26N4S. The van der Waals surface area contributed by atoms with E-state index in [1.807, 2.05) is 6.20 Å². The lowest BCUT2D eigenvalue weighted by atomic mass is 9.94. The zero-order chi connectivity index (χ0) is 33.2. The van der Waals surface area contributed by atoms with Crippen LogP contribution in [0.25, 0.3) is 108 Å². The zero-order valence-corrected chi connectivity index (χ0v) is 28.0. The summed E-state index contributed by atoms with van der Waals surface area (Å²) in [5.74, 6) is 0. The predicted molar refractivity (Wildman–Crippen MR) is 216 cm³/mol. The molecule has 51 heavy (non-hydrogen) atoms. The molecule has 5 heteroatoms. The van der Waals surface area contributed by atoms with E-state index in [0.717, 1.165) is 21.6 Å². The van der Waals surface area contributed by atoms with E-state index >= 15 is 0 Å². The first kappa shape index (κ1) is 27.3. The van der Waals surface area contributed by atoms with Crippen molar-refractivity contribution in [2.24, 2.45) is 0 Å². The van der Waals surface area contributed by atoms with Gasteiger partial charge in [0.15, 0.2) is 0 Å². The molecule has 0 unspecified atom stereocenters. The van der Waals surface area contributed by atoms with Gasteiger partial charge in [0.25, 0.3) is 0 Å². The Morgan fingerprint density at radius 2 is 0.941 bits per heavy atom. The van der Waals surface area contributed by atoms with Gasteiger partial charge in [-0.2, -0.15) is 0 Å². The fraction of sp³-hybridized carbons (Fsp3) is 0. The molecule has 0 saturated heterocycles. The second-order valence-electron chi connectivity index (χ2n) is 13.4. The topological polar surface area (TPSA) is 35.6 Å². The molecule has 8 aromatic carbocycles. The zero-order valence-electron chi connectivity index (χ0n) is 27.2. The number of thiophene rings is 1. The third-order valence-electron chi connectivity index (χ3n) is 10.8. The molecular weight excluding hydrogens is 641 g/mol. The molecule has 0 fully saturated rings. The van der Waals surface area contributed by atoms with Crippen molar-refractivity contribution in [3.05, 3.63) is 158 Å². The summed E-state index contributed by atoms with van der Waals surface area (Å²) in [6, 6.07) is 53.2. The SMILES string of the molecule is c1ccc(-n2c3ccccc3c3c4c5ccccc5n(-c5ccc6c7ccccc7c7ccccc7c6c5)c4c4sc5ncncc5c4c32)cc1. The molecule has 0 N–H and O–H groups in total. The van der Waals surface area contributed by atoms with Gasteiger partial charge in [-0.1, -0.05) is 109 Å². The second kappa shape index (κ2) is 10.0. The quantitative estimate of drug-likeness (QED) is 0.172. The van der Waals surface area contributed by atoms with Gasteiger partial charge in [-0.05, 0) is 68.7 Å². The molecule has 0 bridgehead atoms. The number of nitrogens with zero attached hydrogens (tertiary/aromatic N) is 4. The van der Waals surface area contributed by atoms with Gasteiger partial charge in [-0.3, -0.25) is 0 Å². The van der Waals surface area contributed by atoms with Gasteiger partial charge >= 0.3 is 0 Å². The molecule has 0 amide bonds. The first-order chi connectivity index (χ1) is 25.3. The van der Waals surface area contributed by atoms with Gasteiger partial charge in [0.2, 0.25) is 0 Å². The summed E-state index contributed by atoms with van der Waals surface area (Å²) in [4.78, 5) is 10.4. The van der Waals surface area contributed by atoms with Crippen LogP contribution in [0.3, 0.4) is 0 Å². The van der Waals surface area contributed by atoms with E-state index in [1.165, 1.54) is 86.0 Å². The maximum Gasteiger partial charge on any atom is 0.128 e. The molecule has 4 heterocycles. The normalized spacial score (nSPS) is 12.3. The number of hydrogen-bond acceptors (Lipinski definition) is 3. The highest BCUT2D eigenvalue weighted by Crippen LogP contribution is 2.51. The van der Waals surface area contributed by atoms with Gasteiger partial charge in [0.05, 0.1) is 26.8 Å². The van der Waals surface area contributed by atoms with Crippen LogP contribution in [-0.4, -0.2) is 19.1 Å². The highest BCUT2D eigenvalue weighted by atomic mass is 32.1. The summed E-state index contributed by atoms with van der Waals surface area (Å²) < 4.78 is 6.17. The monoisotopic (exact) mass is 666 g/mol. The largest absolute Gasteiger partial charge is 0.309 e. The van der Waals surface area contributed by atoms with E-state index in [0.29, 0.717) is 0 Å². The lowest BCUT2D eigenvalue weighted by molar-refractivity contribution is 1.18. The van der Waals surface area contributed by atoms with Crippen molar-refractivity contribution in [2.45, 2.75) is 0 Å². The van der Waals surface area contributed by atoms with Crippen LogP contribution >= 0.6 is 11.3 Å². The standard InChI is InChI=1S/C46H26N4S/c1-2-12-27(13-3-1)49-38-20-10-8-18-34(38)40-41-35-19-9-11-21-39(35)50(44(41)45-42(43(40)49)37-25-47-26-48-46(37)51-45)28-22-23-33-31-16-5-4-14-29(31)30-15-6-7-17-32(30)36(33)24-28/h1-26H. The molecule has 12 aromatic rings. The van der Waals surface area contributed by atoms with Crippen molar-refractivity contribution in [1.82, 2.24) is 19.1 Å². The summed E-state index contributed by atoms with van der Waals surface area (Å²) in [6.45, 7) is 0. The number of aromatic nitrogens is 4. The van der Waals surface area contributed by atoms with E-state index in [4.69, 9.17) is 4.98 Å². The molecule has 4 nitrogen and oxygen atoms in total. The minimum atomic E-state index is 0.992. The molecule has 0 saturated carbocycles. The summed E-state index contributed by atoms with van der Waals surface area (Å²) >= 11 is 1.77. The Kier molecular flexibility index (Phi) is 5.35. The predicted octanol–water partition coefficient (Wildman–Crippen LogP) is 12.5. The number of rotatable bonds is 2. The van der Waals surface area contributed by atoms with Crippen LogP contribution in [0.2, 0.25) is 0 Å². The Morgan fingerprint density at radius 1 is 0.412 bits per heavy atom. The number of fused-ring (bicyclic) bond motifs is 18. The first-order valence-electron chi connectivity index (χ1n) is 17.2. The average Bonchev–Trinajstić information content (AvgIpc) is 3.86. The van der Waals surface area contributed by atoms with Gasteiger partial charge in [0, 0.05) is 49.9 Å². The van der Waals surface area contributed by atoms with Crippen LogP contribution in [0, 0.1) is 0 Å². The van der Waals surface area contributed by atoms with Crippen LogP contribution in [0.4, 0.5) is 0 Å². The highest BCUT2D eigenvalue weighted by molar-refractivity contribution is 7.26. The van der Waals surface area contributed by atoms with Crippen molar-refractivity contribution < 1.29 is 0 Å². The Labute approximate surface area is 295 Å². The van der Waals surface area contributed by atoms with Crippen molar-refractivity contribution in [3.8, 4) is 11.4 Å². The van der Waals surface area contributed by atoms with Gasteiger partial charge < -0.3 is 9.13 Å². The van der Waals surface area contributed by atoms with Crippen LogP contribution in [0.15, 0.2) is 158 Å². The van der Waals surface area contributed by atoms with Crippen molar-refractivity contribution in [2.75, 3.05) is 0 Å². The maximum atomic E-state index is 4.84.